The van der Waals surface area contributed by atoms with Crippen LogP contribution in [0.3, 0.4) is 0 Å². The molecule has 0 heterocycles. The first kappa shape index (κ1) is 17.8. The van der Waals surface area contributed by atoms with Crippen molar-refractivity contribution in [1.29, 1.82) is 0 Å². The highest BCUT2D eigenvalue weighted by Crippen LogP contribution is 2.34. The molecule has 21 heavy (non-hydrogen) atoms. The molecule has 1 aromatic carbocycles. The Labute approximate surface area is 127 Å². The Bertz CT molecular complexity index is 496. The SMILES string of the molecule is CC/C(=N\OC(CC)CC)c1cc(Cl)ccc1C(F)(F)F. The van der Waals surface area contributed by atoms with Crippen LogP contribution < -0.4 is 0 Å². The predicted octanol–water partition coefficient (Wildman–Crippen LogP) is 5.68. The van der Waals surface area contributed by atoms with Crippen LogP contribution in [0.2, 0.25) is 5.02 Å². The summed E-state index contributed by atoms with van der Waals surface area (Å²) in [6.45, 7) is 5.61. The molecule has 0 unspecified atom stereocenters. The Balaban J connectivity index is 3.21. The molecule has 118 valence electrons. The van der Waals surface area contributed by atoms with E-state index in [1.165, 1.54) is 12.1 Å². The minimum atomic E-state index is -4.45. The van der Waals surface area contributed by atoms with Crippen LogP contribution in [-0.2, 0) is 11.0 Å². The van der Waals surface area contributed by atoms with Crippen molar-refractivity contribution in [3.63, 3.8) is 0 Å². The van der Waals surface area contributed by atoms with E-state index in [9.17, 15) is 13.2 Å². The number of hydrogen-bond donors (Lipinski definition) is 0. The van der Waals surface area contributed by atoms with E-state index in [2.05, 4.69) is 5.16 Å². The van der Waals surface area contributed by atoms with Gasteiger partial charge in [0.05, 0.1) is 11.3 Å². The van der Waals surface area contributed by atoms with E-state index in [-0.39, 0.29) is 22.4 Å². The highest BCUT2D eigenvalue weighted by molar-refractivity contribution is 6.31. The van der Waals surface area contributed by atoms with Gasteiger partial charge in [0.2, 0.25) is 0 Å². The molecule has 0 spiro atoms. The fourth-order valence-corrected chi connectivity index (χ4v) is 2.05. The lowest BCUT2D eigenvalue weighted by molar-refractivity contribution is -0.137. The Hall–Kier alpha value is -1.23. The lowest BCUT2D eigenvalue weighted by atomic mass is 10.0. The quantitative estimate of drug-likeness (QED) is 0.488. The van der Waals surface area contributed by atoms with Crippen LogP contribution in [0.4, 0.5) is 13.2 Å². The Morgan fingerprint density at radius 3 is 2.33 bits per heavy atom. The summed E-state index contributed by atoms with van der Waals surface area (Å²) in [6.07, 6.45) is -2.73. The van der Waals surface area contributed by atoms with E-state index < -0.39 is 11.7 Å². The second-order valence-electron chi connectivity index (χ2n) is 4.62. The summed E-state index contributed by atoms with van der Waals surface area (Å²) >= 11 is 5.82. The maximum atomic E-state index is 13.1. The average Bonchev–Trinajstić information content (AvgIpc) is 2.42. The van der Waals surface area contributed by atoms with Gasteiger partial charge in [0.25, 0.3) is 0 Å². The molecule has 0 aliphatic rings. The van der Waals surface area contributed by atoms with Gasteiger partial charge in [-0.25, -0.2) is 0 Å². The van der Waals surface area contributed by atoms with Crippen molar-refractivity contribution in [2.75, 3.05) is 0 Å². The zero-order valence-electron chi connectivity index (χ0n) is 12.3. The first-order chi connectivity index (χ1) is 9.83. The number of benzene rings is 1. The third-order valence-electron chi connectivity index (χ3n) is 3.16. The molecule has 0 atom stereocenters. The van der Waals surface area contributed by atoms with E-state index in [1.54, 1.807) is 6.92 Å². The van der Waals surface area contributed by atoms with Gasteiger partial charge in [-0.15, -0.1) is 0 Å². The third-order valence-corrected chi connectivity index (χ3v) is 3.39. The fraction of sp³-hybridized carbons (Fsp3) is 0.533. The van der Waals surface area contributed by atoms with Gasteiger partial charge in [-0.3, -0.25) is 0 Å². The lowest BCUT2D eigenvalue weighted by Crippen LogP contribution is -2.15. The van der Waals surface area contributed by atoms with Gasteiger partial charge in [-0.1, -0.05) is 37.5 Å². The van der Waals surface area contributed by atoms with Crippen molar-refractivity contribution in [2.45, 2.75) is 52.3 Å². The standard InChI is InChI=1S/C15H19ClF3NO/c1-4-11(5-2)21-20-14(6-3)12-9-10(16)7-8-13(12)15(17,18)19/h7-9,11H,4-6H2,1-3H3/b20-14+. The number of hydrogen-bond acceptors (Lipinski definition) is 2. The van der Waals surface area contributed by atoms with Gasteiger partial charge in [0.1, 0.15) is 6.10 Å². The van der Waals surface area contributed by atoms with Crippen LogP contribution >= 0.6 is 11.6 Å². The summed E-state index contributed by atoms with van der Waals surface area (Å²) in [5, 5.41) is 4.17. The summed E-state index contributed by atoms with van der Waals surface area (Å²) in [7, 11) is 0. The molecule has 2 nitrogen and oxygen atoms in total. The Morgan fingerprint density at radius 2 is 1.86 bits per heavy atom. The van der Waals surface area contributed by atoms with Gasteiger partial charge in [0.15, 0.2) is 0 Å². The van der Waals surface area contributed by atoms with Crippen molar-refractivity contribution >= 4 is 17.3 Å². The van der Waals surface area contributed by atoms with Crippen molar-refractivity contribution in [3.05, 3.63) is 34.3 Å². The fourth-order valence-electron chi connectivity index (χ4n) is 1.88. The zero-order chi connectivity index (χ0) is 16.0. The molecule has 0 N–H and O–H groups in total. The number of nitrogens with zero attached hydrogens (tertiary/aromatic N) is 1. The number of halogens is 4. The maximum Gasteiger partial charge on any atom is 0.417 e. The van der Waals surface area contributed by atoms with Crippen LogP contribution in [0, 0.1) is 0 Å². The van der Waals surface area contributed by atoms with Crippen LogP contribution in [0.25, 0.3) is 0 Å². The normalized spacial score (nSPS) is 12.9. The Morgan fingerprint density at radius 1 is 1.24 bits per heavy atom. The molecule has 0 amide bonds. The predicted molar refractivity (Wildman–Crippen MR) is 78.7 cm³/mol. The van der Waals surface area contributed by atoms with E-state index in [0.29, 0.717) is 6.42 Å². The molecule has 0 saturated carbocycles. The largest absolute Gasteiger partial charge is 0.417 e. The maximum absolute atomic E-state index is 13.1. The van der Waals surface area contributed by atoms with Crippen LogP contribution in [0.1, 0.15) is 51.2 Å². The molecular formula is C15H19ClF3NO. The molecule has 0 radical (unpaired) electrons. The third kappa shape index (κ3) is 4.92. The molecule has 6 heteroatoms. The average molecular weight is 322 g/mol. The number of rotatable bonds is 6. The first-order valence-corrected chi connectivity index (χ1v) is 7.31. The molecule has 0 aliphatic carbocycles. The second-order valence-corrected chi connectivity index (χ2v) is 5.06. The van der Waals surface area contributed by atoms with E-state index >= 15 is 0 Å². The van der Waals surface area contributed by atoms with E-state index in [0.717, 1.165) is 18.9 Å². The van der Waals surface area contributed by atoms with Crippen molar-refractivity contribution < 1.29 is 18.0 Å². The minimum absolute atomic E-state index is 0.0246. The van der Waals surface area contributed by atoms with Crippen molar-refractivity contribution in [2.24, 2.45) is 5.16 Å². The zero-order valence-corrected chi connectivity index (χ0v) is 13.1. The summed E-state index contributed by atoms with van der Waals surface area (Å²) in [5.74, 6) is 0. The molecular weight excluding hydrogens is 303 g/mol. The molecule has 0 aliphatic heterocycles. The van der Waals surface area contributed by atoms with Gasteiger partial charge in [-0.05, 0) is 37.5 Å². The summed E-state index contributed by atoms with van der Waals surface area (Å²) in [6, 6.07) is 3.48. The van der Waals surface area contributed by atoms with Gasteiger partial charge < -0.3 is 4.84 Å². The van der Waals surface area contributed by atoms with Gasteiger partial charge in [-0.2, -0.15) is 13.2 Å². The molecule has 0 saturated heterocycles. The summed E-state index contributed by atoms with van der Waals surface area (Å²) < 4.78 is 39.2. The minimum Gasteiger partial charge on any atom is -0.392 e. The monoisotopic (exact) mass is 321 g/mol. The smallest absolute Gasteiger partial charge is 0.392 e. The van der Waals surface area contributed by atoms with Crippen LogP contribution in [0.5, 0.6) is 0 Å². The molecule has 1 aromatic rings. The van der Waals surface area contributed by atoms with E-state index in [1.807, 2.05) is 13.8 Å². The second kappa shape index (κ2) is 7.69. The topological polar surface area (TPSA) is 21.6 Å². The molecule has 0 aromatic heterocycles. The van der Waals surface area contributed by atoms with Gasteiger partial charge >= 0.3 is 6.18 Å². The highest BCUT2D eigenvalue weighted by Gasteiger charge is 2.34. The summed E-state index contributed by atoms with van der Waals surface area (Å²) in [4.78, 5) is 5.33. The molecule has 0 fully saturated rings. The highest BCUT2D eigenvalue weighted by atomic mass is 35.5. The van der Waals surface area contributed by atoms with Crippen LogP contribution in [-0.4, -0.2) is 11.8 Å². The number of alkyl halides is 3. The Kier molecular flexibility index (Phi) is 6.52. The van der Waals surface area contributed by atoms with Gasteiger partial charge in [0, 0.05) is 10.6 Å². The lowest BCUT2D eigenvalue weighted by Gasteiger charge is -2.16. The van der Waals surface area contributed by atoms with Crippen molar-refractivity contribution in [1.82, 2.24) is 0 Å². The molecule has 1 rings (SSSR count). The van der Waals surface area contributed by atoms with Crippen LogP contribution in [0.15, 0.2) is 23.4 Å². The summed E-state index contributed by atoms with van der Waals surface area (Å²) in [5.41, 5.74) is -0.527. The van der Waals surface area contributed by atoms with E-state index in [4.69, 9.17) is 16.4 Å². The number of oxime groups is 1. The first-order valence-electron chi connectivity index (χ1n) is 6.93. The molecule has 0 bridgehead atoms. The van der Waals surface area contributed by atoms with Crippen molar-refractivity contribution in [3.8, 4) is 0 Å².